The van der Waals surface area contributed by atoms with Gasteiger partial charge in [0.25, 0.3) is 0 Å². The zero-order valence-corrected chi connectivity index (χ0v) is 47.9. The van der Waals surface area contributed by atoms with Crippen LogP contribution in [-0.4, -0.2) is 142 Å². The van der Waals surface area contributed by atoms with Gasteiger partial charge in [0.05, 0.1) is 26.4 Å². The maximum absolute atomic E-state index is 13.1. The first-order valence-corrected chi connectivity index (χ1v) is 30.5. The second-order valence-corrected chi connectivity index (χ2v) is 21.1. The maximum Gasteiger partial charge on any atom is 0.306 e. The second kappa shape index (κ2) is 49.3. The van der Waals surface area contributed by atoms with Crippen LogP contribution in [0.2, 0.25) is 0 Å². The van der Waals surface area contributed by atoms with Crippen LogP contribution in [0.3, 0.4) is 0 Å². The van der Waals surface area contributed by atoms with Crippen molar-refractivity contribution < 1.29 is 69.0 Å². The lowest BCUT2D eigenvalue weighted by molar-refractivity contribution is -0.332. The highest BCUT2D eigenvalue weighted by molar-refractivity contribution is 5.69. The van der Waals surface area contributed by atoms with Gasteiger partial charge in [0.2, 0.25) is 0 Å². The normalized spacial score (nSPS) is 24.8. The van der Waals surface area contributed by atoms with Crippen LogP contribution in [0.1, 0.15) is 219 Å². The first kappa shape index (κ1) is 70.5. The molecule has 0 aromatic heterocycles. The Bertz CT molecular complexity index is 1550. The number of unbranched alkanes of at least 4 members (excludes halogenated alkanes) is 23. The lowest BCUT2D eigenvalue weighted by Crippen LogP contribution is -2.61. The average Bonchev–Trinajstić information content (AvgIpc) is 3.43. The van der Waals surface area contributed by atoms with E-state index in [-0.39, 0.29) is 19.6 Å². The lowest BCUT2D eigenvalue weighted by Gasteiger charge is -2.42. The van der Waals surface area contributed by atoms with Gasteiger partial charge in [-0.3, -0.25) is 4.79 Å². The van der Waals surface area contributed by atoms with E-state index in [9.17, 15) is 40.5 Å². The minimum absolute atomic E-state index is 0.0487. The van der Waals surface area contributed by atoms with Crippen molar-refractivity contribution in [2.75, 3.05) is 33.0 Å². The smallest absolute Gasteiger partial charge is 0.306 e. The Morgan fingerprint density at radius 3 is 1.32 bits per heavy atom. The first-order valence-electron chi connectivity index (χ1n) is 30.5. The van der Waals surface area contributed by atoms with E-state index in [4.69, 9.17) is 28.4 Å². The summed E-state index contributed by atoms with van der Waals surface area (Å²) in [7, 11) is 0. The van der Waals surface area contributed by atoms with Gasteiger partial charge in [0.1, 0.15) is 54.9 Å². The average molecular weight is 1090 g/mol. The molecular weight excluding hydrogens is 981 g/mol. The monoisotopic (exact) mass is 1090 g/mol. The van der Waals surface area contributed by atoms with Crippen LogP contribution in [0.15, 0.2) is 72.9 Å². The molecule has 0 spiro atoms. The molecule has 2 aliphatic rings. The van der Waals surface area contributed by atoms with E-state index in [2.05, 4.69) is 86.8 Å². The maximum atomic E-state index is 13.1. The third-order valence-corrected chi connectivity index (χ3v) is 14.2. The van der Waals surface area contributed by atoms with E-state index in [0.29, 0.717) is 13.0 Å². The highest BCUT2D eigenvalue weighted by Crippen LogP contribution is 2.27. The fourth-order valence-electron chi connectivity index (χ4n) is 9.31. The van der Waals surface area contributed by atoms with Gasteiger partial charge in [-0.1, -0.05) is 202 Å². The number of ether oxygens (including phenoxy) is 6. The summed E-state index contributed by atoms with van der Waals surface area (Å²) in [6.45, 7) is 3.54. The summed E-state index contributed by atoms with van der Waals surface area (Å²) in [6.07, 6.45) is 46.8. The third-order valence-electron chi connectivity index (χ3n) is 14.2. The molecule has 11 unspecified atom stereocenters. The minimum atomic E-state index is -1.72. The largest absolute Gasteiger partial charge is 0.457 e. The van der Waals surface area contributed by atoms with Crippen molar-refractivity contribution in [3.8, 4) is 0 Å². The van der Waals surface area contributed by atoms with Gasteiger partial charge in [-0.15, -0.1) is 0 Å². The van der Waals surface area contributed by atoms with E-state index in [0.717, 1.165) is 77.0 Å². The number of esters is 1. The minimum Gasteiger partial charge on any atom is -0.457 e. The van der Waals surface area contributed by atoms with Crippen molar-refractivity contribution >= 4 is 5.97 Å². The van der Waals surface area contributed by atoms with Gasteiger partial charge in [0, 0.05) is 13.0 Å². The van der Waals surface area contributed by atoms with Crippen LogP contribution < -0.4 is 0 Å². The molecule has 446 valence electrons. The Hall–Kier alpha value is -2.57. The molecule has 2 heterocycles. The van der Waals surface area contributed by atoms with Gasteiger partial charge in [-0.25, -0.2) is 0 Å². The molecule has 0 bridgehead atoms. The molecule has 2 rings (SSSR count). The van der Waals surface area contributed by atoms with Crippen molar-refractivity contribution in [1.29, 1.82) is 0 Å². The Kier molecular flexibility index (Phi) is 45.1. The van der Waals surface area contributed by atoms with Gasteiger partial charge in [-0.2, -0.15) is 0 Å². The van der Waals surface area contributed by atoms with E-state index in [1.807, 2.05) is 0 Å². The quantitative estimate of drug-likeness (QED) is 0.0172. The third kappa shape index (κ3) is 35.7. The number of aliphatic hydroxyl groups is 7. The highest BCUT2D eigenvalue weighted by Gasteiger charge is 2.47. The van der Waals surface area contributed by atoms with E-state index < -0.39 is 86.7 Å². The summed E-state index contributed by atoms with van der Waals surface area (Å²) in [4.78, 5) is 13.1. The SMILES string of the molecule is CC/C=C\C/C=C\C/C=C\C/C=C\CCCCCCC(=O)OC(COCCCCCCCCCCCCCCCC/C=C\C/C=C\CCCCCCC)COC1OC(COC2OC(CO)C(O)C(O)C2O)C(O)C(O)C1O. The molecule has 0 aliphatic carbocycles. The van der Waals surface area contributed by atoms with Crippen molar-refractivity contribution in [1.82, 2.24) is 0 Å². The van der Waals surface area contributed by atoms with Gasteiger partial charge in [0.15, 0.2) is 12.6 Å². The number of allylic oxidation sites excluding steroid dienone is 12. The molecule has 0 radical (unpaired) electrons. The summed E-state index contributed by atoms with van der Waals surface area (Å²) >= 11 is 0. The molecule has 0 aromatic rings. The van der Waals surface area contributed by atoms with Crippen molar-refractivity contribution in [2.24, 2.45) is 0 Å². The molecule has 0 aromatic carbocycles. The zero-order valence-electron chi connectivity index (χ0n) is 47.9. The summed E-state index contributed by atoms with van der Waals surface area (Å²) < 4.78 is 34.4. The Balaban J connectivity index is 1.68. The van der Waals surface area contributed by atoms with Gasteiger partial charge in [-0.05, 0) is 83.5 Å². The first-order chi connectivity index (χ1) is 37.6. The number of hydrogen-bond donors (Lipinski definition) is 7. The number of aliphatic hydroxyl groups excluding tert-OH is 7. The molecular formula is C63H110O14. The van der Waals surface area contributed by atoms with Crippen molar-refractivity contribution in [2.45, 2.75) is 287 Å². The lowest BCUT2D eigenvalue weighted by atomic mass is 9.98. The molecule has 0 saturated carbocycles. The number of carbonyl (C=O) groups excluding carboxylic acids is 1. The van der Waals surface area contributed by atoms with Crippen LogP contribution in [0.25, 0.3) is 0 Å². The summed E-state index contributed by atoms with van der Waals surface area (Å²) in [5.74, 6) is -0.399. The number of hydrogen-bond acceptors (Lipinski definition) is 14. The Morgan fingerprint density at radius 1 is 0.442 bits per heavy atom. The fourth-order valence-corrected chi connectivity index (χ4v) is 9.31. The second-order valence-electron chi connectivity index (χ2n) is 21.1. The molecule has 14 heteroatoms. The van der Waals surface area contributed by atoms with E-state index in [1.165, 1.54) is 116 Å². The molecule has 2 fully saturated rings. The van der Waals surface area contributed by atoms with E-state index >= 15 is 0 Å². The summed E-state index contributed by atoms with van der Waals surface area (Å²) in [6, 6.07) is 0. The van der Waals surface area contributed by atoms with Crippen molar-refractivity contribution in [3.05, 3.63) is 72.9 Å². The van der Waals surface area contributed by atoms with Gasteiger partial charge < -0.3 is 64.2 Å². The molecule has 14 nitrogen and oxygen atoms in total. The van der Waals surface area contributed by atoms with Crippen LogP contribution in [0.4, 0.5) is 0 Å². The van der Waals surface area contributed by atoms with Crippen molar-refractivity contribution in [3.63, 3.8) is 0 Å². The summed E-state index contributed by atoms with van der Waals surface area (Å²) in [5, 5.41) is 72.4. The number of carbonyl (C=O) groups is 1. The van der Waals surface area contributed by atoms with Crippen LogP contribution in [-0.2, 0) is 33.2 Å². The fraction of sp³-hybridized carbons (Fsp3) is 0.794. The van der Waals surface area contributed by atoms with E-state index in [1.54, 1.807) is 0 Å². The van der Waals surface area contributed by atoms with Crippen LogP contribution in [0.5, 0.6) is 0 Å². The predicted molar refractivity (Wildman–Crippen MR) is 307 cm³/mol. The molecule has 77 heavy (non-hydrogen) atoms. The molecule has 2 aliphatic heterocycles. The Labute approximate surface area is 466 Å². The molecule has 0 amide bonds. The number of rotatable bonds is 49. The Morgan fingerprint density at radius 2 is 0.844 bits per heavy atom. The highest BCUT2D eigenvalue weighted by atomic mass is 16.7. The van der Waals surface area contributed by atoms with Gasteiger partial charge >= 0.3 is 5.97 Å². The molecule has 11 atom stereocenters. The zero-order chi connectivity index (χ0) is 55.8. The summed E-state index contributed by atoms with van der Waals surface area (Å²) in [5.41, 5.74) is 0. The van der Waals surface area contributed by atoms with Crippen LogP contribution in [0, 0.1) is 0 Å². The standard InChI is InChI=1S/C63H110O14/c1-3-5-7-9-11-13-15-17-19-21-22-23-24-25-26-27-28-29-31-33-35-37-39-41-43-45-47-72-49-52(75-55(65)46-44-42-40-38-36-34-32-30-20-18-16-14-12-10-8-6-4-2)50-73-62-61(71)59(69)57(67)54(77-62)51-74-63-60(70)58(68)56(66)53(48-64)76-63/h6,8,12,14-15,17-18,20-22,32,34,52-54,56-64,66-71H,3-5,7,9-11,13,16,19,23-31,33,35-51H2,1-2H3/b8-6-,14-12-,17-15-,20-18-,22-21-,34-32-. The molecule has 7 N–H and O–H groups in total. The predicted octanol–water partition coefficient (Wildman–Crippen LogP) is 11.4. The molecule has 2 saturated heterocycles. The topological polar surface area (TPSA) is 214 Å². The van der Waals surface area contributed by atoms with Crippen LogP contribution >= 0.6 is 0 Å².